The van der Waals surface area contributed by atoms with Crippen LogP contribution in [0.2, 0.25) is 0 Å². The first kappa shape index (κ1) is 15.4. The van der Waals surface area contributed by atoms with E-state index in [2.05, 4.69) is 19.2 Å². The third-order valence-corrected chi connectivity index (χ3v) is 4.09. The van der Waals surface area contributed by atoms with Gasteiger partial charge in [0.2, 0.25) is 5.91 Å². The van der Waals surface area contributed by atoms with E-state index in [1.807, 2.05) is 6.92 Å². The summed E-state index contributed by atoms with van der Waals surface area (Å²) >= 11 is 0. The second-order valence-corrected chi connectivity index (χ2v) is 5.90. The number of ether oxygens (including phenoxy) is 1. The fourth-order valence-corrected chi connectivity index (χ4v) is 2.68. The molecule has 2 atom stereocenters. The minimum absolute atomic E-state index is 0.00106. The number of carbonyl (C=O) groups excluding carboxylic acids is 1. The predicted molar refractivity (Wildman–Crippen MR) is 73.2 cm³/mol. The largest absolute Gasteiger partial charge is 0.380 e. The molecule has 0 spiro atoms. The van der Waals surface area contributed by atoms with Gasteiger partial charge < -0.3 is 15.8 Å². The van der Waals surface area contributed by atoms with Crippen LogP contribution in [0.1, 0.15) is 52.9 Å². The number of nitrogens with one attached hydrogen (secondary N) is 1. The molecule has 0 heterocycles. The maximum absolute atomic E-state index is 12.4. The molecule has 106 valence electrons. The summed E-state index contributed by atoms with van der Waals surface area (Å²) in [5, 5.41) is 3.09. The second kappa shape index (κ2) is 6.53. The summed E-state index contributed by atoms with van der Waals surface area (Å²) < 4.78 is 5.34. The van der Waals surface area contributed by atoms with Crippen molar-refractivity contribution >= 4 is 5.91 Å². The van der Waals surface area contributed by atoms with Gasteiger partial charge in [-0.2, -0.15) is 0 Å². The lowest BCUT2D eigenvalue weighted by atomic mass is 9.81. The monoisotopic (exact) mass is 256 g/mol. The van der Waals surface area contributed by atoms with Gasteiger partial charge in [-0.1, -0.05) is 33.1 Å². The lowest BCUT2D eigenvalue weighted by Crippen LogP contribution is -2.59. The Bertz CT molecular complexity index is 273. The lowest BCUT2D eigenvalue weighted by molar-refractivity contribution is -0.129. The lowest BCUT2D eigenvalue weighted by Gasteiger charge is -2.35. The van der Waals surface area contributed by atoms with Crippen LogP contribution in [-0.2, 0) is 9.53 Å². The Morgan fingerprint density at radius 1 is 1.22 bits per heavy atom. The quantitative estimate of drug-likeness (QED) is 0.788. The molecule has 4 heteroatoms. The van der Waals surface area contributed by atoms with Crippen molar-refractivity contribution in [1.82, 2.24) is 5.32 Å². The molecule has 0 saturated heterocycles. The summed E-state index contributed by atoms with van der Waals surface area (Å²) in [5.74, 6) is 0.320. The molecule has 18 heavy (non-hydrogen) atoms. The summed E-state index contributed by atoms with van der Waals surface area (Å²) in [6.45, 7) is 6.16. The van der Waals surface area contributed by atoms with Crippen LogP contribution < -0.4 is 11.1 Å². The molecule has 0 radical (unpaired) electrons. The Kier molecular flexibility index (Phi) is 5.60. The summed E-state index contributed by atoms with van der Waals surface area (Å²) in [4.78, 5) is 12.4. The summed E-state index contributed by atoms with van der Waals surface area (Å²) in [7, 11) is 1.67. The Labute approximate surface area is 111 Å². The Morgan fingerprint density at radius 3 is 2.22 bits per heavy atom. The maximum Gasteiger partial charge on any atom is 0.240 e. The number of amides is 1. The first-order valence-electron chi connectivity index (χ1n) is 7.03. The van der Waals surface area contributed by atoms with Gasteiger partial charge in [-0.3, -0.25) is 4.79 Å². The van der Waals surface area contributed by atoms with Gasteiger partial charge in [0.1, 0.15) is 0 Å². The molecule has 0 aromatic rings. The highest BCUT2D eigenvalue weighted by Gasteiger charge is 2.37. The highest BCUT2D eigenvalue weighted by atomic mass is 16.5. The van der Waals surface area contributed by atoms with Gasteiger partial charge in [-0.15, -0.1) is 0 Å². The zero-order valence-corrected chi connectivity index (χ0v) is 12.2. The molecule has 1 unspecified atom stereocenters. The fraction of sp³-hybridized carbons (Fsp3) is 0.929. The van der Waals surface area contributed by atoms with Crippen molar-refractivity contribution in [2.45, 2.75) is 70.6 Å². The molecular weight excluding hydrogens is 228 g/mol. The van der Waals surface area contributed by atoms with Crippen molar-refractivity contribution in [3.8, 4) is 0 Å². The van der Waals surface area contributed by atoms with Gasteiger partial charge in [-0.25, -0.2) is 0 Å². The SMILES string of the molecule is COC(C)[C@@H](NC(=O)C1(N)CCCCC1)C(C)C. The van der Waals surface area contributed by atoms with Crippen LogP contribution in [0.4, 0.5) is 0 Å². The topological polar surface area (TPSA) is 64.3 Å². The van der Waals surface area contributed by atoms with Gasteiger partial charge in [0.15, 0.2) is 0 Å². The van der Waals surface area contributed by atoms with E-state index in [0.29, 0.717) is 5.92 Å². The van der Waals surface area contributed by atoms with Crippen LogP contribution in [0.3, 0.4) is 0 Å². The van der Waals surface area contributed by atoms with E-state index in [1.54, 1.807) is 7.11 Å². The van der Waals surface area contributed by atoms with Gasteiger partial charge in [0.25, 0.3) is 0 Å². The van der Waals surface area contributed by atoms with E-state index in [4.69, 9.17) is 10.5 Å². The minimum atomic E-state index is -0.668. The number of hydrogen-bond acceptors (Lipinski definition) is 3. The van der Waals surface area contributed by atoms with Gasteiger partial charge >= 0.3 is 0 Å². The average Bonchev–Trinajstić information content (AvgIpc) is 2.35. The van der Waals surface area contributed by atoms with E-state index >= 15 is 0 Å². The number of nitrogens with two attached hydrogens (primary N) is 1. The van der Waals surface area contributed by atoms with E-state index in [1.165, 1.54) is 6.42 Å². The van der Waals surface area contributed by atoms with Crippen molar-refractivity contribution in [1.29, 1.82) is 0 Å². The minimum Gasteiger partial charge on any atom is -0.380 e. The predicted octanol–water partition coefficient (Wildman–Crippen LogP) is 1.82. The van der Waals surface area contributed by atoms with Crippen molar-refractivity contribution < 1.29 is 9.53 Å². The van der Waals surface area contributed by atoms with Crippen molar-refractivity contribution in [3.05, 3.63) is 0 Å². The maximum atomic E-state index is 12.4. The summed E-state index contributed by atoms with van der Waals surface area (Å²) in [5.41, 5.74) is 5.57. The van der Waals surface area contributed by atoms with E-state index in [-0.39, 0.29) is 18.1 Å². The first-order valence-corrected chi connectivity index (χ1v) is 7.03. The average molecular weight is 256 g/mol. The molecule has 1 fully saturated rings. The molecule has 0 aromatic carbocycles. The zero-order valence-electron chi connectivity index (χ0n) is 12.2. The smallest absolute Gasteiger partial charge is 0.240 e. The molecule has 4 nitrogen and oxygen atoms in total. The molecule has 1 aliphatic carbocycles. The van der Waals surface area contributed by atoms with Crippen LogP contribution in [-0.4, -0.2) is 30.7 Å². The third-order valence-electron chi connectivity index (χ3n) is 4.09. The summed E-state index contributed by atoms with van der Waals surface area (Å²) in [6, 6.07) is 0.0184. The molecule has 3 N–H and O–H groups in total. The first-order chi connectivity index (χ1) is 8.40. The van der Waals surface area contributed by atoms with E-state index < -0.39 is 5.54 Å². The van der Waals surface area contributed by atoms with Crippen LogP contribution in [0.15, 0.2) is 0 Å². The van der Waals surface area contributed by atoms with E-state index in [0.717, 1.165) is 25.7 Å². The Hall–Kier alpha value is -0.610. The number of hydrogen-bond donors (Lipinski definition) is 2. The van der Waals surface area contributed by atoms with Crippen molar-refractivity contribution in [2.75, 3.05) is 7.11 Å². The Morgan fingerprint density at radius 2 is 1.78 bits per heavy atom. The van der Waals surface area contributed by atoms with E-state index in [9.17, 15) is 4.79 Å². The van der Waals surface area contributed by atoms with Crippen LogP contribution in [0, 0.1) is 5.92 Å². The number of methoxy groups -OCH3 is 1. The fourth-order valence-electron chi connectivity index (χ4n) is 2.68. The van der Waals surface area contributed by atoms with Gasteiger partial charge in [-0.05, 0) is 25.7 Å². The van der Waals surface area contributed by atoms with Gasteiger partial charge in [0, 0.05) is 7.11 Å². The third kappa shape index (κ3) is 3.69. The van der Waals surface area contributed by atoms with Crippen LogP contribution in [0.5, 0.6) is 0 Å². The molecule has 0 bridgehead atoms. The van der Waals surface area contributed by atoms with Crippen molar-refractivity contribution in [2.24, 2.45) is 11.7 Å². The molecule has 0 aromatic heterocycles. The molecule has 1 rings (SSSR count). The Balaban J connectivity index is 2.65. The highest BCUT2D eigenvalue weighted by Crippen LogP contribution is 2.26. The number of carbonyl (C=O) groups is 1. The molecule has 1 amide bonds. The van der Waals surface area contributed by atoms with Gasteiger partial charge in [0.05, 0.1) is 17.7 Å². The normalized spacial score (nSPS) is 22.6. The second-order valence-electron chi connectivity index (χ2n) is 5.90. The van der Waals surface area contributed by atoms with Crippen LogP contribution >= 0.6 is 0 Å². The molecule has 1 aliphatic rings. The van der Waals surface area contributed by atoms with Crippen molar-refractivity contribution in [3.63, 3.8) is 0 Å². The standard InChI is InChI=1S/C14H28N2O2/c1-10(2)12(11(3)18-4)16-13(17)14(15)8-6-5-7-9-14/h10-12H,5-9,15H2,1-4H3,(H,16,17)/t11?,12-/m0/s1. The highest BCUT2D eigenvalue weighted by molar-refractivity contribution is 5.86. The molecule has 1 saturated carbocycles. The molecule has 0 aliphatic heterocycles. The van der Waals surface area contributed by atoms with Crippen LogP contribution in [0.25, 0.3) is 0 Å². The number of rotatable bonds is 5. The molecular formula is C14H28N2O2. The summed E-state index contributed by atoms with van der Waals surface area (Å²) in [6.07, 6.45) is 4.89. The zero-order chi connectivity index (χ0) is 13.8.